The second-order valence-electron chi connectivity index (χ2n) is 6.96. The van der Waals surface area contributed by atoms with Gasteiger partial charge in [0.05, 0.1) is 25.0 Å². The fourth-order valence-electron chi connectivity index (χ4n) is 2.96. The summed E-state index contributed by atoms with van der Waals surface area (Å²) in [5.74, 6) is 1.78. The fourth-order valence-corrected chi connectivity index (χ4v) is 2.96. The molecule has 168 valence electrons. The minimum Gasteiger partial charge on any atom is -0.389 e. The Kier molecular flexibility index (Phi) is 13.4. The number of halogens is 1. The number of guanidine groups is 1. The lowest BCUT2D eigenvalue weighted by atomic mass is 9.99. The van der Waals surface area contributed by atoms with Crippen LogP contribution in [0.1, 0.15) is 56.5 Å². The van der Waals surface area contributed by atoms with Crippen molar-refractivity contribution in [3.63, 3.8) is 0 Å². The Morgan fingerprint density at radius 1 is 1.17 bits per heavy atom. The molecule has 3 N–H and O–H groups in total. The second-order valence-corrected chi connectivity index (χ2v) is 6.96. The van der Waals surface area contributed by atoms with Crippen LogP contribution in [0.3, 0.4) is 0 Å². The maximum absolute atomic E-state index is 10.1. The SMILES string of the molecule is CCNC(=NCc1cc(C(CC)CC)no1)NCC(O)COCc1ccccc1.I. The van der Waals surface area contributed by atoms with Crippen LogP contribution < -0.4 is 10.6 Å². The van der Waals surface area contributed by atoms with Crippen LogP contribution in [0.4, 0.5) is 0 Å². The Bertz CT molecular complexity index is 720. The quantitative estimate of drug-likeness (QED) is 0.220. The van der Waals surface area contributed by atoms with Crippen LogP contribution in [0.25, 0.3) is 0 Å². The van der Waals surface area contributed by atoms with E-state index < -0.39 is 6.10 Å². The molecule has 0 aliphatic rings. The Balaban J connectivity index is 0.00000450. The first-order chi connectivity index (χ1) is 14.2. The van der Waals surface area contributed by atoms with Crippen molar-refractivity contribution in [1.29, 1.82) is 0 Å². The lowest BCUT2D eigenvalue weighted by Gasteiger charge is -2.15. The zero-order valence-electron chi connectivity index (χ0n) is 18.1. The first-order valence-corrected chi connectivity index (χ1v) is 10.4. The van der Waals surface area contributed by atoms with E-state index >= 15 is 0 Å². The first kappa shape index (κ1) is 26.4. The molecule has 0 saturated carbocycles. The molecule has 0 bridgehead atoms. The summed E-state index contributed by atoms with van der Waals surface area (Å²) in [4.78, 5) is 4.52. The molecule has 0 aliphatic heterocycles. The van der Waals surface area contributed by atoms with Crippen molar-refractivity contribution in [1.82, 2.24) is 15.8 Å². The van der Waals surface area contributed by atoms with Gasteiger partial charge in [-0.25, -0.2) is 4.99 Å². The molecule has 1 aromatic carbocycles. The summed E-state index contributed by atoms with van der Waals surface area (Å²) in [7, 11) is 0. The van der Waals surface area contributed by atoms with Crippen LogP contribution in [0.5, 0.6) is 0 Å². The van der Waals surface area contributed by atoms with Gasteiger partial charge in [-0.1, -0.05) is 49.3 Å². The van der Waals surface area contributed by atoms with Crippen molar-refractivity contribution in [3.05, 3.63) is 53.4 Å². The number of benzene rings is 1. The van der Waals surface area contributed by atoms with E-state index in [1.54, 1.807) is 0 Å². The Morgan fingerprint density at radius 2 is 1.90 bits per heavy atom. The number of aliphatic hydroxyl groups is 1. The lowest BCUT2D eigenvalue weighted by molar-refractivity contribution is 0.0308. The largest absolute Gasteiger partial charge is 0.389 e. The fraction of sp³-hybridized carbons (Fsp3) is 0.545. The van der Waals surface area contributed by atoms with E-state index in [1.807, 2.05) is 43.3 Å². The number of hydrogen-bond acceptors (Lipinski definition) is 5. The summed E-state index contributed by atoms with van der Waals surface area (Å²) in [6, 6.07) is 11.9. The van der Waals surface area contributed by atoms with Gasteiger partial charge in [0.2, 0.25) is 0 Å². The zero-order valence-corrected chi connectivity index (χ0v) is 20.5. The van der Waals surface area contributed by atoms with E-state index in [1.165, 1.54) is 0 Å². The van der Waals surface area contributed by atoms with Crippen molar-refractivity contribution in [2.75, 3.05) is 19.7 Å². The summed E-state index contributed by atoms with van der Waals surface area (Å²) in [6.45, 7) is 8.50. The highest BCUT2D eigenvalue weighted by Gasteiger charge is 2.13. The third-order valence-corrected chi connectivity index (χ3v) is 4.65. The van der Waals surface area contributed by atoms with E-state index in [0.717, 1.165) is 36.4 Å². The molecule has 8 heteroatoms. The number of nitrogens with one attached hydrogen (secondary N) is 2. The standard InChI is InChI=1S/C22H34N4O3.HI/c1-4-18(5-2)21-12-20(29-26-21)14-25-22(23-6-3)24-13-19(27)16-28-15-17-10-8-7-9-11-17;/h7-12,18-19,27H,4-6,13-16H2,1-3H3,(H2,23,24,25);1H. The summed E-state index contributed by atoms with van der Waals surface area (Å²) in [5.41, 5.74) is 2.08. The highest BCUT2D eigenvalue weighted by atomic mass is 127. The molecule has 0 fully saturated rings. The molecule has 0 spiro atoms. The van der Waals surface area contributed by atoms with Crippen LogP contribution >= 0.6 is 24.0 Å². The monoisotopic (exact) mass is 530 g/mol. The first-order valence-electron chi connectivity index (χ1n) is 10.4. The van der Waals surface area contributed by atoms with E-state index in [0.29, 0.717) is 31.6 Å². The Hall–Kier alpha value is -1.65. The number of nitrogens with zero attached hydrogens (tertiary/aromatic N) is 2. The van der Waals surface area contributed by atoms with Crippen molar-refractivity contribution in [3.8, 4) is 0 Å². The number of aliphatic imine (C=N–C) groups is 1. The van der Waals surface area contributed by atoms with Gasteiger partial charge in [-0.05, 0) is 25.3 Å². The van der Waals surface area contributed by atoms with Gasteiger partial charge in [0.1, 0.15) is 6.54 Å². The zero-order chi connectivity index (χ0) is 20.9. The summed E-state index contributed by atoms with van der Waals surface area (Å²) in [6.07, 6.45) is 1.45. The number of ether oxygens (including phenoxy) is 1. The molecule has 0 saturated heterocycles. The van der Waals surface area contributed by atoms with Gasteiger partial charge in [-0.15, -0.1) is 24.0 Å². The lowest BCUT2D eigenvalue weighted by Crippen LogP contribution is -2.42. The van der Waals surface area contributed by atoms with Crippen LogP contribution in [0.15, 0.2) is 45.9 Å². The molecule has 0 radical (unpaired) electrons. The van der Waals surface area contributed by atoms with E-state index in [9.17, 15) is 5.11 Å². The molecule has 2 aromatic rings. The molecule has 30 heavy (non-hydrogen) atoms. The molecular formula is C22H35IN4O3. The van der Waals surface area contributed by atoms with Gasteiger partial charge in [0.15, 0.2) is 11.7 Å². The summed E-state index contributed by atoms with van der Waals surface area (Å²) < 4.78 is 11.0. The molecule has 0 aliphatic carbocycles. The number of hydrogen-bond donors (Lipinski definition) is 3. The van der Waals surface area contributed by atoms with E-state index in [-0.39, 0.29) is 30.6 Å². The maximum atomic E-state index is 10.1. The van der Waals surface area contributed by atoms with Gasteiger partial charge in [0, 0.05) is 25.1 Å². The predicted molar refractivity (Wildman–Crippen MR) is 130 cm³/mol. The third-order valence-electron chi connectivity index (χ3n) is 4.65. The van der Waals surface area contributed by atoms with Gasteiger partial charge >= 0.3 is 0 Å². The van der Waals surface area contributed by atoms with Crippen LogP contribution in [-0.4, -0.2) is 42.0 Å². The van der Waals surface area contributed by atoms with E-state index in [2.05, 4.69) is 34.6 Å². The normalized spacial score (nSPS) is 12.5. The Labute approximate surface area is 196 Å². The smallest absolute Gasteiger partial charge is 0.191 e. The molecule has 1 aromatic heterocycles. The maximum Gasteiger partial charge on any atom is 0.191 e. The van der Waals surface area contributed by atoms with Gasteiger partial charge in [-0.3, -0.25) is 0 Å². The number of rotatable bonds is 12. The van der Waals surface area contributed by atoms with Crippen molar-refractivity contribution in [2.24, 2.45) is 4.99 Å². The number of aromatic nitrogens is 1. The summed E-state index contributed by atoms with van der Waals surface area (Å²) >= 11 is 0. The Morgan fingerprint density at radius 3 is 2.57 bits per heavy atom. The third kappa shape index (κ3) is 9.44. The van der Waals surface area contributed by atoms with Gasteiger partial charge in [-0.2, -0.15) is 0 Å². The topological polar surface area (TPSA) is 91.9 Å². The molecule has 0 amide bonds. The predicted octanol–water partition coefficient (Wildman–Crippen LogP) is 3.83. The average molecular weight is 530 g/mol. The average Bonchev–Trinajstić information content (AvgIpc) is 3.20. The minimum atomic E-state index is -0.630. The van der Waals surface area contributed by atoms with Crippen LogP contribution in [0, 0.1) is 0 Å². The molecular weight excluding hydrogens is 495 g/mol. The minimum absolute atomic E-state index is 0. The van der Waals surface area contributed by atoms with Gasteiger partial charge in [0.25, 0.3) is 0 Å². The van der Waals surface area contributed by atoms with Gasteiger partial charge < -0.3 is 25.0 Å². The number of aliphatic hydroxyl groups excluding tert-OH is 1. The highest BCUT2D eigenvalue weighted by molar-refractivity contribution is 14.0. The second kappa shape index (κ2) is 15.2. The van der Waals surface area contributed by atoms with Crippen molar-refractivity contribution >= 4 is 29.9 Å². The molecule has 1 atom stereocenters. The summed E-state index contributed by atoms with van der Waals surface area (Å²) in [5, 5.41) is 20.6. The highest BCUT2D eigenvalue weighted by Crippen LogP contribution is 2.22. The van der Waals surface area contributed by atoms with Crippen LogP contribution in [0.2, 0.25) is 0 Å². The van der Waals surface area contributed by atoms with Crippen molar-refractivity contribution in [2.45, 2.75) is 58.8 Å². The van der Waals surface area contributed by atoms with Crippen LogP contribution in [-0.2, 0) is 17.9 Å². The molecule has 7 nitrogen and oxygen atoms in total. The molecule has 1 heterocycles. The van der Waals surface area contributed by atoms with E-state index in [4.69, 9.17) is 9.26 Å². The van der Waals surface area contributed by atoms with Crippen molar-refractivity contribution < 1.29 is 14.4 Å². The molecule has 1 unspecified atom stereocenters. The molecule has 2 rings (SSSR count).